The Morgan fingerprint density at radius 1 is 1.47 bits per heavy atom. The molecule has 0 aliphatic carbocycles. The van der Waals surface area contributed by atoms with Crippen molar-refractivity contribution in [2.24, 2.45) is 5.92 Å². The average molecular weight is 266 g/mol. The average Bonchev–Trinajstić information content (AvgIpc) is 2.35. The Hall–Kier alpha value is -1.95. The van der Waals surface area contributed by atoms with E-state index in [9.17, 15) is 14.9 Å². The van der Waals surface area contributed by atoms with E-state index in [0.717, 1.165) is 5.56 Å². The number of nitrogens with zero attached hydrogens (tertiary/aromatic N) is 1. The summed E-state index contributed by atoms with van der Waals surface area (Å²) in [5, 5.41) is 22.8. The van der Waals surface area contributed by atoms with Gasteiger partial charge >= 0.3 is 5.97 Å². The highest BCUT2D eigenvalue weighted by atomic mass is 16.6. The molecule has 0 amide bonds. The molecule has 0 saturated carbocycles. The molecule has 2 unspecified atom stereocenters. The van der Waals surface area contributed by atoms with Gasteiger partial charge in [0.25, 0.3) is 5.69 Å². The minimum absolute atomic E-state index is 0.0817. The van der Waals surface area contributed by atoms with Gasteiger partial charge in [-0.3, -0.25) is 14.9 Å². The summed E-state index contributed by atoms with van der Waals surface area (Å²) in [4.78, 5) is 21.2. The molecule has 0 aliphatic heterocycles. The van der Waals surface area contributed by atoms with Crippen molar-refractivity contribution in [2.45, 2.75) is 33.4 Å². The molecule has 0 radical (unpaired) electrons. The zero-order valence-corrected chi connectivity index (χ0v) is 11.2. The number of benzene rings is 1. The van der Waals surface area contributed by atoms with Crippen molar-refractivity contribution in [1.82, 2.24) is 5.32 Å². The van der Waals surface area contributed by atoms with E-state index >= 15 is 0 Å². The summed E-state index contributed by atoms with van der Waals surface area (Å²) in [5.41, 5.74) is 1.49. The van der Waals surface area contributed by atoms with Crippen LogP contribution in [0.4, 0.5) is 5.69 Å². The summed E-state index contributed by atoms with van der Waals surface area (Å²) < 4.78 is 0. The van der Waals surface area contributed by atoms with Gasteiger partial charge < -0.3 is 10.4 Å². The molecule has 0 saturated heterocycles. The van der Waals surface area contributed by atoms with Crippen LogP contribution in [-0.4, -0.2) is 22.0 Å². The van der Waals surface area contributed by atoms with E-state index in [4.69, 9.17) is 5.11 Å². The number of carboxylic acid groups (broad SMARTS) is 1. The summed E-state index contributed by atoms with van der Waals surface area (Å²) in [6, 6.07) is 4.68. The third-order valence-corrected chi connectivity index (χ3v) is 3.37. The summed E-state index contributed by atoms with van der Waals surface area (Å²) in [5.74, 6) is -1.38. The second-order valence-corrected chi connectivity index (χ2v) is 4.61. The Bertz CT molecular complexity index is 488. The lowest BCUT2D eigenvalue weighted by molar-refractivity contribution is -0.385. The van der Waals surface area contributed by atoms with Crippen LogP contribution in [0.3, 0.4) is 0 Å². The van der Waals surface area contributed by atoms with Gasteiger partial charge in [-0.05, 0) is 19.4 Å². The fourth-order valence-electron chi connectivity index (χ4n) is 1.72. The first-order valence-corrected chi connectivity index (χ1v) is 6.03. The van der Waals surface area contributed by atoms with E-state index in [1.807, 2.05) is 0 Å². The Morgan fingerprint density at radius 2 is 2.11 bits per heavy atom. The third-order valence-electron chi connectivity index (χ3n) is 3.37. The topological polar surface area (TPSA) is 92.5 Å². The number of nitro benzene ring substituents is 1. The third kappa shape index (κ3) is 3.75. The van der Waals surface area contributed by atoms with Gasteiger partial charge in [-0.2, -0.15) is 0 Å². The molecule has 1 aromatic carbocycles. The largest absolute Gasteiger partial charge is 0.481 e. The Kier molecular flexibility index (Phi) is 5.00. The molecule has 0 spiro atoms. The number of hydrogen-bond acceptors (Lipinski definition) is 4. The van der Waals surface area contributed by atoms with Crippen molar-refractivity contribution in [2.75, 3.05) is 0 Å². The van der Waals surface area contributed by atoms with Gasteiger partial charge in [0.1, 0.15) is 0 Å². The molecule has 0 aromatic heterocycles. The quantitative estimate of drug-likeness (QED) is 0.607. The van der Waals surface area contributed by atoms with Crippen molar-refractivity contribution in [3.63, 3.8) is 0 Å². The standard InChI is InChI=1S/C13H18N2O4/c1-8(13(16)17)10(3)14-7-11-5-4-6-12(9(11)2)15(18)19/h4-6,8,10,14H,7H2,1-3H3,(H,16,17). The summed E-state index contributed by atoms with van der Waals surface area (Å²) in [6.45, 7) is 5.51. The van der Waals surface area contributed by atoms with Gasteiger partial charge in [0.05, 0.1) is 10.8 Å². The number of aliphatic carboxylic acids is 1. The molecule has 19 heavy (non-hydrogen) atoms. The zero-order chi connectivity index (χ0) is 14.6. The maximum Gasteiger partial charge on any atom is 0.307 e. The number of rotatable bonds is 6. The first-order valence-electron chi connectivity index (χ1n) is 6.03. The van der Waals surface area contributed by atoms with E-state index in [1.54, 1.807) is 32.9 Å². The molecule has 2 atom stereocenters. The van der Waals surface area contributed by atoms with E-state index in [-0.39, 0.29) is 11.7 Å². The number of carbonyl (C=O) groups is 1. The summed E-state index contributed by atoms with van der Waals surface area (Å²) >= 11 is 0. The number of nitrogens with one attached hydrogen (secondary N) is 1. The second kappa shape index (κ2) is 6.29. The first kappa shape index (κ1) is 15.1. The first-order chi connectivity index (χ1) is 8.84. The molecular formula is C13H18N2O4. The van der Waals surface area contributed by atoms with Crippen LogP contribution in [0.25, 0.3) is 0 Å². The van der Waals surface area contributed by atoms with Crippen LogP contribution in [0.5, 0.6) is 0 Å². The van der Waals surface area contributed by atoms with Crippen LogP contribution >= 0.6 is 0 Å². The number of hydrogen-bond donors (Lipinski definition) is 2. The van der Waals surface area contributed by atoms with Crippen LogP contribution in [0, 0.1) is 23.0 Å². The Morgan fingerprint density at radius 3 is 2.63 bits per heavy atom. The molecule has 2 N–H and O–H groups in total. The monoisotopic (exact) mass is 266 g/mol. The molecule has 0 bridgehead atoms. The molecule has 6 nitrogen and oxygen atoms in total. The Balaban J connectivity index is 2.76. The normalized spacial score (nSPS) is 13.8. The molecule has 1 aromatic rings. The fourth-order valence-corrected chi connectivity index (χ4v) is 1.72. The molecular weight excluding hydrogens is 248 g/mol. The van der Waals surface area contributed by atoms with Crippen molar-refractivity contribution in [3.05, 3.63) is 39.4 Å². The van der Waals surface area contributed by atoms with Crippen LogP contribution in [0.15, 0.2) is 18.2 Å². The Labute approximate surface area is 111 Å². The van der Waals surface area contributed by atoms with Gasteiger partial charge in [-0.1, -0.05) is 19.1 Å². The highest BCUT2D eigenvalue weighted by Crippen LogP contribution is 2.21. The fraction of sp³-hybridized carbons (Fsp3) is 0.462. The van der Waals surface area contributed by atoms with E-state index in [2.05, 4.69) is 5.32 Å². The van der Waals surface area contributed by atoms with Crippen LogP contribution in [0.2, 0.25) is 0 Å². The predicted molar refractivity (Wildman–Crippen MR) is 70.9 cm³/mol. The minimum Gasteiger partial charge on any atom is -0.481 e. The lowest BCUT2D eigenvalue weighted by Crippen LogP contribution is -2.35. The lowest BCUT2D eigenvalue weighted by Gasteiger charge is -2.18. The maximum atomic E-state index is 10.8. The minimum atomic E-state index is -0.865. The number of carboxylic acids is 1. The van der Waals surface area contributed by atoms with Crippen molar-refractivity contribution in [1.29, 1.82) is 0 Å². The van der Waals surface area contributed by atoms with Gasteiger partial charge in [0, 0.05) is 24.2 Å². The molecule has 104 valence electrons. The van der Waals surface area contributed by atoms with E-state index in [1.165, 1.54) is 6.07 Å². The lowest BCUT2D eigenvalue weighted by atomic mass is 10.0. The van der Waals surface area contributed by atoms with Crippen molar-refractivity contribution in [3.8, 4) is 0 Å². The molecule has 0 aliphatic rings. The molecule has 0 fully saturated rings. The summed E-state index contributed by atoms with van der Waals surface area (Å²) in [6.07, 6.45) is 0. The van der Waals surface area contributed by atoms with Crippen LogP contribution in [-0.2, 0) is 11.3 Å². The smallest absolute Gasteiger partial charge is 0.307 e. The van der Waals surface area contributed by atoms with Gasteiger partial charge in [0.2, 0.25) is 0 Å². The maximum absolute atomic E-state index is 10.8. The van der Waals surface area contributed by atoms with E-state index in [0.29, 0.717) is 12.1 Å². The van der Waals surface area contributed by atoms with Gasteiger partial charge in [0.15, 0.2) is 0 Å². The zero-order valence-electron chi connectivity index (χ0n) is 11.2. The van der Waals surface area contributed by atoms with Crippen LogP contribution in [0.1, 0.15) is 25.0 Å². The van der Waals surface area contributed by atoms with E-state index < -0.39 is 16.8 Å². The van der Waals surface area contributed by atoms with Crippen LogP contribution < -0.4 is 5.32 Å². The second-order valence-electron chi connectivity index (χ2n) is 4.61. The van der Waals surface area contributed by atoms with Crippen molar-refractivity contribution < 1.29 is 14.8 Å². The van der Waals surface area contributed by atoms with Crippen molar-refractivity contribution >= 4 is 11.7 Å². The highest BCUT2D eigenvalue weighted by Gasteiger charge is 2.19. The van der Waals surface area contributed by atoms with Gasteiger partial charge in [-0.25, -0.2) is 0 Å². The number of nitro groups is 1. The van der Waals surface area contributed by atoms with Gasteiger partial charge in [-0.15, -0.1) is 0 Å². The molecule has 6 heteroatoms. The summed E-state index contributed by atoms with van der Waals surface area (Å²) in [7, 11) is 0. The molecule has 1 rings (SSSR count). The SMILES string of the molecule is Cc1c(CNC(C)C(C)C(=O)O)cccc1[N+](=O)[O-]. The molecule has 0 heterocycles. The predicted octanol–water partition coefficient (Wildman–Crippen LogP) is 2.10. The highest BCUT2D eigenvalue weighted by molar-refractivity contribution is 5.70.